The van der Waals surface area contributed by atoms with E-state index in [4.69, 9.17) is 0 Å². The molecule has 0 radical (unpaired) electrons. The Morgan fingerprint density at radius 2 is 2.10 bits per heavy atom. The van der Waals surface area contributed by atoms with E-state index in [1.54, 1.807) is 6.20 Å². The van der Waals surface area contributed by atoms with Crippen molar-refractivity contribution < 1.29 is 5.11 Å². The lowest BCUT2D eigenvalue weighted by atomic mass is 9.91. The van der Waals surface area contributed by atoms with Gasteiger partial charge in [-0.3, -0.25) is 0 Å². The number of nitrogens with zero attached hydrogens (tertiary/aromatic N) is 3. The summed E-state index contributed by atoms with van der Waals surface area (Å²) in [4.78, 5) is 6.82. The molecule has 0 saturated carbocycles. The van der Waals surface area contributed by atoms with Gasteiger partial charge in [0.15, 0.2) is 0 Å². The predicted octanol–water partition coefficient (Wildman–Crippen LogP) is 2.55. The summed E-state index contributed by atoms with van der Waals surface area (Å²) in [5.41, 5.74) is 0. The first-order chi connectivity index (χ1) is 10.1. The molecule has 2 heterocycles. The van der Waals surface area contributed by atoms with Gasteiger partial charge in [-0.15, -0.1) is 0 Å². The van der Waals surface area contributed by atoms with E-state index in [-0.39, 0.29) is 0 Å². The highest BCUT2D eigenvalue weighted by Crippen LogP contribution is 2.29. The molecule has 0 aromatic carbocycles. The first-order valence-corrected chi connectivity index (χ1v) is 9.18. The van der Waals surface area contributed by atoms with Crippen LogP contribution in [0.3, 0.4) is 0 Å². The number of hydrogen-bond acceptors (Lipinski definition) is 4. The van der Waals surface area contributed by atoms with Crippen molar-refractivity contribution in [2.45, 2.75) is 32.8 Å². The lowest BCUT2D eigenvalue weighted by Gasteiger charge is -2.33. The van der Waals surface area contributed by atoms with Crippen molar-refractivity contribution in [3.05, 3.63) is 18.2 Å². The lowest BCUT2D eigenvalue weighted by Crippen LogP contribution is -2.37. The first kappa shape index (κ1) is 16.8. The molecule has 21 heavy (non-hydrogen) atoms. The van der Waals surface area contributed by atoms with Crippen LogP contribution >= 0.6 is 11.8 Å². The third-order valence-corrected chi connectivity index (χ3v) is 5.58. The van der Waals surface area contributed by atoms with Crippen LogP contribution < -0.4 is 0 Å². The number of aromatic nitrogens is 2. The molecule has 1 aliphatic rings. The van der Waals surface area contributed by atoms with Crippen molar-refractivity contribution >= 4 is 11.8 Å². The highest BCUT2D eigenvalue weighted by Gasteiger charge is 2.28. The fourth-order valence-electron chi connectivity index (χ4n) is 2.88. The van der Waals surface area contributed by atoms with E-state index in [2.05, 4.69) is 35.5 Å². The van der Waals surface area contributed by atoms with E-state index in [9.17, 15) is 5.11 Å². The second kappa shape index (κ2) is 8.20. The second-order valence-corrected chi connectivity index (χ2v) is 7.64. The van der Waals surface area contributed by atoms with Crippen molar-refractivity contribution in [1.82, 2.24) is 14.5 Å². The molecule has 1 atom stereocenters. The third kappa shape index (κ3) is 5.01. The highest BCUT2D eigenvalue weighted by atomic mass is 32.2. The quantitative estimate of drug-likeness (QED) is 0.786. The molecule has 4 nitrogen and oxygen atoms in total. The molecule has 1 unspecified atom stereocenters. The fourth-order valence-corrected chi connectivity index (χ4v) is 3.90. The molecule has 1 aromatic rings. The Morgan fingerprint density at radius 1 is 1.38 bits per heavy atom. The molecule has 120 valence electrons. The zero-order valence-corrected chi connectivity index (χ0v) is 14.4. The minimum absolute atomic E-state index is 0.352. The number of imidazole rings is 1. The molecule has 1 aromatic heterocycles. The molecule has 1 N–H and O–H groups in total. The van der Waals surface area contributed by atoms with Gasteiger partial charge in [0, 0.05) is 31.7 Å². The topological polar surface area (TPSA) is 41.3 Å². The largest absolute Gasteiger partial charge is 0.385 e. The van der Waals surface area contributed by atoms with E-state index < -0.39 is 6.10 Å². The molecule has 1 saturated heterocycles. The van der Waals surface area contributed by atoms with Gasteiger partial charge in [0.1, 0.15) is 11.9 Å². The summed E-state index contributed by atoms with van der Waals surface area (Å²) < 4.78 is 1.93. The normalized spacial score (nSPS) is 19.3. The van der Waals surface area contributed by atoms with Gasteiger partial charge in [0.05, 0.1) is 0 Å². The Hall–Kier alpha value is -0.520. The number of hydrogen-bond donors (Lipinski definition) is 1. The Balaban J connectivity index is 1.69. The van der Waals surface area contributed by atoms with E-state index in [1.807, 2.05) is 17.8 Å². The summed E-state index contributed by atoms with van der Waals surface area (Å²) in [7, 11) is 1.95. The zero-order valence-electron chi connectivity index (χ0n) is 13.5. The predicted molar refractivity (Wildman–Crippen MR) is 89.5 cm³/mol. The van der Waals surface area contributed by atoms with Crippen LogP contribution in [0, 0.1) is 11.8 Å². The molecule has 1 aliphatic heterocycles. The van der Waals surface area contributed by atoms with Crippen LogP contribution in [0.2, 0.25) is 0 Å². The minimum Gasteiger partial charge on any atom is -0.385 e. The van der Waals surface area contributed by atoms with E-state index in [1.165, 1.54) is 18.1 Å². The van der Waals surface area contributed by atoms with Gasteiger partial charge in [0.25, 0.3) is 0 Å². The summed E-state index contributed by atoms with van der Waals surface area (Å²) >= 11 is 2.06. The van der Waals surface area contributed by atoms with E-state index in [0.717, 1.165) is 37.7 Å². The third-order valence-electron chi connectivity index (χ3n) is 4.20. The van der Waals surface area contributed by atoms with Gasteiger partial charge in [-0.1, -0.05) is 13.8 Å². The maximum atomic E-state index is 10.5. The smallest absolute Gasteiger partial charge is 0.137 e. The maximum absolute atomic E-state index is 10.5. The average Bonchev–Trinajstić information content (AvgIpc) is 2.89. The van der Waals surface area contributed by atoms with Crippen molar-refractivity contribution in [3.8, 4) is 0 Å². The summed E-state index contributed by atoms with van der Waals surface area (Å²) in [5.74, 6) is 4.43. The zero-order chi connectivity index (χ0) is 15.2. The molecular formula is C16H29N3OS. The van der Waals surface area contributed by atoms with Gasteiger partial charge in [-0.25, -0.2) is 4.98 Å². The Labute approximate surface area is 132 Å². The van der Waals surface area contributed by atoms with Gasteiger partial charge in [0.2, 0.25) is 0 Å². The van der Waals surface area contributed by atoms with Gasteiger partial charge in [-0.05, 0) is 43.5 Å². The highest BCUT2D eigenvalue weighted by molar-refractivity contribution is 7.99. The number of aliphatic hydroxyl groups is 1. The van der Waals surface area contributed by atoms with Crippen molar-refractivity contribution in [3.63, 3.8) is 0 Å². The van der Waals surface area contributed by atoms with Crippen LogP contribution in [0.1, 0.15) is 38.6 Å². The SMILES string of the molecule is CC(C)CSCCN1CCC(C(O)c2nccn2C)CC1. The molecule has 1 fully saturated rings. The van der Waals surface area contributed by atoms with Crippen LogP contribution in [0.4, 0.5) is 0 Å². The maximum Gasteiger partial charge on any atom is 0.137 e. The van der Waals surface area contributed by atoms with Crippen LogP contribution in [0.15, 0.2) is 12.4 Å². The van der Waals surface area contributed by atoms with Crippen molar-refractivity contribution in [1.29, 1.82) is 0 Å². The van der Waals surface area contributed by atoms with E-state index >= 15 is 0 Å². The average molecular weight is 311 g/mol. The monoisotopic (exact) mass is 311 g/mol. The molecule has 0 bridgehead atoms. The molecule has 2 rings (SSSR count). The summed E-state index contributed by atoms with van der Waals surface area (Å²) in [6, 6.07) is 0. The van der Waals surface area contributed by atoms with Gasteiger partial charge >= 0.3 is 0 Å². The Kier molecular flexibility index (Phi) is 6.58. The standard InChI is InChI=1S/C16H29N3OS/c1-13(2)12-21-11-10-19-7-4-14(5-8-19)15(20)16-17-6-9-18(16)3/h6,9,13-15,20H,4-5,7-8,10-12H2,1-3H3. The number of aryl methyl sites for hydroxylation is 1. The summed E-state index contributed by atoms with van der Waals surface area (Å²) in [6.07, 6.45) is 5.40. The minimum atomic E-state index is -0.414. The molecule has 0 spiro atoms. The van der Waals surface area contributed by atoms with Crippen LogP contribution in [-0.4, -0.2) is 50.7 Å². The molecule has 0 aliphatic carbocycles. The van der Waals surface area contributed by atoms with Crippen LogP contribution in [0.25, 0.3) is 0 Å². The second-order valence-electron chi connectivity index (χ2n) is 6.49. The summed E-state index contributed by atoms with van der Waals surface area (Å²) in [5, 5.41) is 10.5. The summed E-state index contributed by atoms with van der Waals surface area (Å²) in [6.45, 7) is 7.94. The van der Waals surface area contributed by atoms with Crippen LogP contribution in [-0.2, 0) is 7.05 Å². The lowest BCUT2D eigenvalue weighted by molar-refractivity contribution is 0.0528. The number of likely N-dealkylation sites (tertiary alicyclic amines) is 1. The van der Waals surface area contributed by atoms with Crippen LogP contribution in [0.5, 0.6) is 0 Å². The number of rotatable bonds is 7. The fraction of sp³-hybridized carbons (Fsp3) is 0.812. The number of piperidine rings is 1. The van der Waals surface area contributed by atoms with Gasteiger partial charge < -0.3 is 14.6 Å². The first-order valence-electron chi connectivity index (χ1n) is 8.03. The Morgan fingerprint density at radius 3 is 2.67 bits per heavy atom. The molecule has 0 amide bonds. The van der Waals surface area contributed by atoms with Gasteiger partial charge in [-0.2, -0.15) is 11.8 Å². The number of aliphatic hydroxyl groups excluding tert-OH is 1. The van der Waals surface area contributed by atoms with Crippen molar-refractivity contribution in [2.75, 3.05) is 31.1 Å². The molecular weight excluding hydrogens is 282 g/mol. The van der Waals surface area contributed by atoms with E-state index in [0.29, 0.717) is 5.92 Å². The Bertz CT molecular complexity index is 413. The van der Waals surface area contributed by atoms with Crippen molar-refractivity contribution in [2.24, 2.45) is 18.9 Å². The number of thioether (sulfide) groups is 1. The molecule has 5 heteroatoms.